The van der Waals surface area contributed by atoms with Crippen molar-refractivity contribution < 1.29 is 5.11 Å². The van der Waals surface area contributed by atoms with Crippen molar-refractivity contribution in [1.82, 2.24) is 10.3 Å². The molecule has 0 radical (unpaired) electrons. The van der Waals surface area contributed by atoms with Crippen LogP contribution in [0.3, 0.4) is 0 Å². The van der Waals surface area contributed by atoms with Gasteiger partial charge >= 0.3 is 0 Å². The van der Waals surface area contributed by atoms with Crippen molar-refractivity contribution in [2.75, 3.05) is 25.0 Å². The number of anilines is 1. The van der Waals surface area contributed by atoms with Crippen molar-refractivity contribution in [2.45, 2.75) is 13.0 Å². The number of aliphatic hydroxyl groups excluding tert-OH is 1. The lowest BCUT2D eigenvalue weighted by atomic mass is 10.2. The van der Waals surface area contributed by atoms with Crippen molar-refractivity contribution in [2.24, 2.45) is 0 Å². The molecule has 19 heavy (non-hydrogen) atoms. The van der Waals surface area contributed by atoms with Gasteiger partial charge in [0.25, 0.3) is 0 Å². The molecule has 1 aromatic heterocycles. The molecule has 102 valence electrons. The Balaban J connectivity index is 1.97. The number of hydrogen-bond donors (Lipinski definition) is 3. The molecule has 4 nitrogen and oxygen atoms in total. The van der Waals surface area contributed by atoms with E-state index in [1.54, 1.807) is 13.1 Å². The van der Waals surface area contributed by atoms with Crippen LogP contribution in [0.4, 0.5) is 5.69 Å². The minimum absolute atomic E-state index is 0.316. The predicted octanol–water partition coefficient (Wildman–Crippen LogP) is 2.27. The fraction of sp³-hybridized carbons (Fsp3) is 0.357. The van der Waals surface area contributed by atoms with Gasteiger partial charge < -0.3 is 15.7 Å². The molecule has 0 unspecified atom stereocenters. The number of nitrogens with zero attached hydrogens (tertiary/aromatic N) is 1. The highest BCUT2D eigenvalue weighted by Gasteiger charge is 2.02. The molecule has 0 saturated carbocycles. The van der Waals surface area contributed by atoms with Crippen LogP contribution in [0.15, 0.2) is 30.5 Å². The lowest BCUT2D eigenvalue weighted by Crippen LogP contribution is -2.28. The van der Waals surface area contributed by atoms with Gasteiger partial charge in [0.05, 0.1) is 11.6 Å². The van der Waals surface area contributed by atoms with Crippen LogP contribution in [0.25, 0.3) is 10.9 Å². The van der Waals surface area contributed by atoms with Gasteiger partial charge in [-0.1, -0.05) is 11.6 Å². The molecule has 1 atom stereocenters. The van der Waals surface area contributed by atoms with Crippen LogP contribution in [0.2, 0.25) is 5.02 Å². The molecule has 0 spiro atoms. The van der Waals surface area contributed by atoms with Gasteiger partial charge in [-0.25, -0.2) is 0 Å². The second-order valence-electron chi connectivity index (χ2n) is 4.50. The predicted molar refractivity (Wildman–Crippen MR) is 79.8 cm³/mol. The molecule has 0 amide bonds. The van der Waals surface area contributed by atoms with Crippen molar-refractivity contribution in [3.05, 3.63) is 35.5 Å². The van der Waals surface area contributed by atoms with E-state index in [1.807, 2.05) is 24.3 Å². The van der Waals surface area contributed by atoms with Crippen molar-refractivity contribution in [3.8, 4) is 0 Å². The maximum absolute atomic E-state index is 9.13. The van der Waals surface area contributed by atoms with Crippen LogP contribution in [0, 0.1) is 0 Å². The SMILES string of the molecule is C[C@@H](O)CNCCNc1ccnc2cc(Cl)ccc12. The van der Waals surface area contributed by atoms with Crippen LogP contribution in [-0.4, -0.2) is 35.8 Å². The smallest absolute Gasteiger partial charge is 0.0737 e. The van der Waals surface area contributed by atoms with Crippen LogP contribution >= 0.6 is 11.6 Å². The summed E-state index contributed by atoms with van der Waals surface area (Å²) in [6.45, 7) is 3.95. The van der Waals surface area contributed by atoms with Gasteiger partial charge in [0.1, 0.15) is 0 Å². The van der Waals surface area contributed by atoms with E-state index in [0.717, 1.165) is 29.7 Å². The molecule has 1 aromatic carbocycles. The molecule has 0 aliphatic rings. The monoisotopic (exact) mass is 279 g/mol. The first-order chi connectivity index (χ1) is 9.16. The number of halogens is 1. The summed E-state index contributed by atoms with van der Waals surface area (Å²) < 4.78 is 0. The Kier molecular flexibility index (Phi) is 4.96. The van der Waals surface area contributed by atoms with Gasteiger partial charge in [0.2, 0.25) is 0 Å². The highest BCUT2D eigenvalue weighted by atomic mass is 35.5. The Morgan fingerprint density at radius 2 is 2.16 bits per heavy atom. The van der Waals surface area contributed by atoms with Gasteiger partial charge in [0.15, 0.2) is 0 Å². The number of aromatic nitrogens is 1. The largest absolute Gasteiger partial charge is 0.392 e. The third-order valence-corrected chi connectivity index (χ3v) is 3.00. The van der Waals surface area contributed by atoms with Gasteiger partial charge in [0, 0.05) is 41.9 Å². The standard InChI is InChI=1S/C14H18ClN3O/c1-10(19)9-16-6-7-18-13-4-5-17-14-8-11(15)2-3-12(13)14/h2-5,8,10,16,19H,6-7,9H2,1H3,(H,17,18)/t10-/m1/s1. The van der Waals surface area contributed by atoms with Crippen LogP contribution in [0.5, 0.6) is 0 Å². The molecule has 0 saturated heterocycles. The number of hydrogen-bond acceptors (Lipinski definition) is 4. The maximum atomic E-state index is 9.13. The summed E-state index contributed by atoms with van der Waals surface area (Å²) in [6, 6.07) is 7.64. The van der Waals surface area contributed by atoms with Crippen LogP contribution in [-0.2, 0) is 0 Å². The zero-order valence-electron chi connectivity index (χ0n) is 10.9. The third kappa shape index (κ3) is 4.06. The first-order valence-corrected chi connectivity index (χ1v) is 6.71. The molecular formula is C14H18ClN3O. The fourth-order valence-electron chi connectivity index (χ4n) is 1.87. The van der Waals surface area contributed by atoms with E-state index in [-0.39, 0.29) is 6.10 Å². The Hall–Kier alpha value is -1.36. The molecular weight excluding hydrogens is 262 g/mol. The normalized spacial score (nSPS) is 12.6. The quantitative estimate of drug-likeness (QED) is 0.710. The molecule has 0 bridgehead atoms. The molecule has 5 heteroatoms. The van der Waals surface area contributed by atoms with E-state index in [0.29, 0.717) is 11.6 Å². The molecule has 0 fully saturated rings. The molecule has 2 aromatic rings. The van der Waals surface area contributed by atoms with E-state index in [1.165, 1.54) is 0 Å². The van der Waals surface area contributed by atoms with E-state index < -0.39 is 0 Å². The van der Waals surface area contributed by atoms with Crippen molar-refractivity contribution >= 4 is 28.2 Å². The van der Waals surface area contributed by atoms with E-state index in [2.05, 4.69) is 15.6 Å². The minimum atomic E-state index is -0.316. The number of nitrogens with one attached hydrogen (secondary N) is 2. The Bertz CT molecular complexity index is 545. The summed E-state index contributed by atoms with van der Waals surface area (Å²) in [6.07, 6.45) is 1.45. The maximum Gasteiger partial charge on any atom is 0.0737 e. The van der Waals surface area contributed by atoms with Crippen LogP contribution < -0.4 is 10.6 Å². The molecule has 0 aliphatic carbocycles. The van der Waals surface area contributed by atoms with Crippen molar-refractivity contribution in [1.29, 1.82) is 0 Å². The van der Waals surface area contributed by atoms with Gasteiger partial charge in [-0.15, -0.1) is 0 Å². The lowest BCUT2D eigenvalue weighted by Gasteiger charge is -2.11. The van der Waals surface area contributed by atoms with E-state index in [4.69, 9.17) is 16.7 Å². The summed E-state index contributed by atoms with van der Waals surface area (Å²) in [4.78, 5) is 4.30. The molecule has 2 rings (SSSR count). The average molecular weight is 280 g/mol. The zero-order chi connectivity index (χ0) is 13.7. The number of fused-ring (bicyclic) bond motifs is 1. The van der Waals surface area contributed by atoms with Gasteiger partial charge in [-0.2, -0.15) is 0 Å². The third-order valence-electron chi connectivity index (χ3n) is 2.76. The van der Waals surface area contributed by atoms with E-state index >= 15 is 0 Å². The molecule has 1 heterocycles. The summed E-state index contributed by atoms with van der Waals surface area (Å²) in [7, 11) is 0. The lowest BCUT2D eigenvalue weighted by molar-refractivity contribution is 0.192. The Labute approximate surface area is 117 Å². The molecule has 3 N–H and O–H groups in total. The first-order valence-electron chi connectivity index (χ1n) is 6.34. The van der Waals surface area contributed by atoms with E-state index in [9.17, 15) is 0 Å². The summed E-state index contributed by atoms with van der Waals surface area (Å²) >= 11 is 5.95. The summed E-state index contributed by atoms with van der Waals surface area (Å²) in [5.74, 6) is 0. The highest BCUT2D eigenvalue weighted by molar-refractivity contribution is 6.31. The first kappa shape index (κ1) is 14.1. The zero-order valence-corrected chi connectivity index (χ0v) is 11.6. The van der Waals surface area contributed by atoms with Crippen LogP contribution in [0.1, 0.15) is 6.92 Å². The minimum Gasteiger partial charge on any atom is -0.392 e. The number of pyridine rings is 1. The fourth-order valence-corrected chi connectivity index (χ4v) is 2.04. The summed E-state index contributed by atoms with van der Waals surface area (Å²) in [5, 5.41) is 17.4. The average Bonchev–Trinajstić information content (AvgIpc) is 2.37. The topological polar surface area (TPSA) is 57.2 Å². The summed E-state index contributed by atoms with van der Waals surface area (Å²) in [5.41, 5.74) is 1.93. The number of benzene rings is 1. The Morgan fingerprint density at radius 3 is 2.95 bits per heavy atom. The number of aliphatic hydroxyl groups is 1. The highest BCUT2D eigenvalue weighted by Crippen LogP contribution is 2.23. The van der Waals surface area contributed by atoms with Gasteiger partial charge in [-0.05, 0) is 31.2 Å². The Morgan fingerprint density at radius 1 is 1.32 bits per heavy atom. The number of rotatable bonds is 6. The second-order valence-corrected chi connectivity index (χ2v) is 4.94. The molecule has 0 aliphatic heterocycles. The van der Waals surface area contributed by atoms with Gasteiger partial charge in [-0.3, -0.25) is 4.98 Å². The van der Waals surface area contributed by atoms with Crippen molar-refractivity contribution in [3.63, 3.8) is 0 Å². The second kappa shape index (κ2) is 6.70.